The maximum atomic E-state index is 11.6. The van der Waals surface area contributed by atoms with Crippen molar-refractivity contribution in [2.45, 2.75) is 13.5 Å². The number of halogens is 1. The Morgan fingerprint density at radius 2 is 2.05 bits per heavy atom. The minimum Gasteiger partial charge on any atom is -0.444 e. The molecule has 2 aromatic rings. The highest BCUT2D eigenvalue weighted by atomic mass is 79.9. The Labute approximate surface area is 128 Å². The van der Waals surface area contributed by atoms with Gasteiger partial charge in [0.25, 0.3) is 0 Å². The second-order valence-corrected chi connectivity index (χ2v) is 6.20. The first-order chi connectivity index (χ1) is 9.56. The van der Waals surface area contributed by atoms with Gasteiger partial charge in [-0.3, -0.25) is 10.1 Å². The van der Waals surface area contributed by atoms with Crippen LogP contribution < -0.4 is 5.32 Å². The Balaban J connectivity index is 1.92. The summed E-state index contributed by atoms with van der Waals surface area (Å²) in [5, 5.41) is 2.81. The number of benzene rings is 1. The molecule has 1 aromatic heterocycles. The molecule has 20 heavy (non-hydrogen) atoms. The highest BCUT2D eigenvalue weighted by Gasteiger charge is 2.14. The molecule has 0 fully saturated rings. The highest BCUT2D eigenvalue weighted by Crippen LogP contribution is 2.28. The molecule has 7 heteroatoms. The standard InChI is InChI=1S/C13H11BrN2O3S/c1-8(17)10-11(14)20-12(15-10)16-13(18)19-7-9-5-3-2-4-6-9/h2-6H,7H2,1H3,(H,15,16,18). The minimum absolute atomic E-state index is 0.168. The highest BCUT2D eigenvalue weighted by molar-refractivity contribution is 9.11. The van der Waals surface area contributed by atoms with E-state index in [4.69, 9.17) is 4.74 Å². The number of hydrogen-bond donors (Lipinski definition) is 1. The molecule has 0 radical (unpaired) electrons. The van der Waals surface area contributed by atoms with Gasteiger partial charge in [0.1, 0.15) is 16.1 Å². The molecule has 0 aliphatic heterocycles. The van der Waals surface area contributed by atoms with Crippen LogP contribution in [0.2, 0.25) is 0 Å². The van der Waals surface area contributed by atoms with Gasteiger partial charge in [0, 0.05) is 6.92 Å². The van der Waals surface area contributed by atoms with E-state index in [0.717, 1.165) is 5.56 Å². The zero-order valence-corrected chi connectivity index (χ0v) is 13.0. The predicted octanol–water partition coefficient (Wildman–Crippen LogP) is 3.86. The SMILES string of the molecule is CC(=O)c1nc(NC(=O)OCc2ccccc2)sc1Br. The fourth-order valence-corrected chi connectivity index (χ4v) is 2.97. The first kappa shape index (κ1) is 14.7. The largest absolute Gasteiger partial charge is 0.444 e. The summed E-state index contributed by atoms with van der Waals surface area (Å²) in [6, 6.07) is 9.35. The van der Waals surface area contributed by atoms with Gasteiger partial charge in [0.2, 0.25) is 0 Å². The van der Waals surface area contributed by atoms with Gasteiger partial charge in [-0.05, 0) is 21.5 Å². The summed E-state index contributed by atoms with van der Waals surface area (Å²) in [6.07, 6.45) is -0.606. The minimum atomic E-state index is -0.606. The monoisotopic (exact) mass is 354 g/mol. The number of Topliss-reactive ketones (excluding diaryl/α,β-unsaturated/α-hetero) is 1. The third-order valence-corrected chi connectivity index (χ3v) is 3.96. The quantitative estimate of drug-likeness (QED) is 0.846. The Bertz CT molecular complexity index is 628. The van der Waals surface area contributed by atoms with Crippen molar-refractivity contribution < 1.29 is 14.3 Å². The number of nitrogens with one attached hydrogen (secondary N) is 1. The Hall–Kier alpha value is -1.73. The molecule has 0 aliphatic rings. The molecule has 0 aliphatic carbocycles. The number of ketones is 1. The molecule has 0 bridgehead atoms. The van der Waals surface area contributed by atoms with Crippen LogP contribution in [-0.4, -0.2) is 16.9 Å². The van der Waals surface area contributed by atoms with Crippen LogP contribution in [0.25, 0.3) is 0 Å². The van der Waals surface area contributed by atoms with Crippen molar-refractivity contribution in [3.8, 4) is 0 Å². The van der Waals surface area contributed by atoms with Crippen LogP contribution in [0.3, 0.4) is 0 Å². The van der Waals surface area contributed by atoms with E-state index >= 15 is 0 Å². The summed E-state index contributed by atoms with van der Waals surface area (Å²) < 4.78 is 5.64. The predicted molar refractivity (Wildman–Crippen MR) is 80.1 cm³/mol. The number of aromatic nitrogens is 1. The zero-order valence-electron chi connectivity index (χ0n) is 10.6. The normalized spacial score (nSPS) is 10.1. The van der Waals surface area contributed by atoms with Crippen molar-refractivity contribution >= 4 is 44.3 Å². The van der Waals surface area contributed by atoms with Crippen molar-refractivity contribution in [3.63, 3.8) is 0 Å². The number of carbonyl (C=O) groups is 2. The lowest BCUT2D eigenvalue weighted by atomic mass is 10.2. The van der Waals surface area contributed by atoms with Crippen LogP contribution in [0.4, 0.5) is 9.93 Å². The van der Waals surface area contributed by atoms with Gasteiger partial charge in [-0.1, -0.05) is 41.7 Å². The van der Waals surface area contributed by atoms with E-state index in [2.05, 4.69) is 26.2 Å². The fourth-order valence-electron chi connectivity index (χ4n) is 1.42. The summed E-state index contributed by atoms with van der Waals surface area (Å²) in [5.41, 5.74) is 1.20. The zero-order chi connectivity index (χ0) is 14.5. The van der Waals surface area contributed by atoms with Crippen molar-refractivity contribution in [3.05, 3.63) is 45.4 Å². The molecule has 1 aromatic carbocycles. The number of nitrogens with zero attached hydrogens (tertiary/aromatic N) is 1. The molecular formula is C13H11BrN2O3S. The van der Waals surface area contributed by atoms with Gasteiger partial charge in [0.15, 0.2) is 10.9 Å². The van der Waals surface area contributed by atoms with E-state index in [0.29, 0.717) is 14.6 Å². The van der Waals surface area contributed by atoms with Gasteiger partial charge >= 0.3 is 6.09 Å². The third-order valence-electron chi connectivity index (χ3n) is 2.34. The Morgan fingerprint density at radius 3 is 2.65 bits per heavy atom. The van der Waals surface area contributed by atoms with E-state index in [1.807, 2.05) is 30.3 Å². The van der Waals surface area contributed by atoms with Crippen LogP contribution in [0.5, 0.6) is 0 Å². The van der Waals surface area contributed by atoms with Crippen LogP contribution in [0, 0.1) is 0 Å². The van der Waals surface area contributed by atoms with Crippen molar-refractivity contribution in [2.24, 2.45) is 0 Å². The summed E-state index contributed by atoms with van der Waals surface area (Å²) >= 11 is 4.39. The first-order valence-electron chi connectivity index (χ1n) is 5.71. The van der Waals surface area contributed by atoms with Crippen molar-refractivity contribution in [1.82, 2.24) is 4.98 Å². The van der Waals surface area contributed by atoms with E-state index in [-0.39, 0.29) is 12.4 Å². The number of amides is 1. The Kier molecular flexibility index (Phi) is 4.86. The number of rotatable bonds is 4. The number of anilines is 1. The lowest BCUT2D eigenvalue weighted by molar-refractivity contribution is 0.101. The molecule has 1 heterocycles. The molecule has 0 atom stereocenters. The third kappa shape index (κ3) is 3.88. The second-order valence-electron chi connectivity index (χ2n) is 3.88. The van der Waals surface area contributed by atoms with Gasteiger partial charge in [-0.2, -0.15) is 0 Å². The van der Waals surface area contributed by atoms with E-state index in [9.17, 15) is 9.59 Å². The second kappa shape index (κ2) is 6.62. The average molecular weight is 355 g/mol. The van der Waals surface area contributed by atoms with Crippen LogP contribution >= 0.6 is 27.3 Å². The molecule has 0 saturated heterocycles. The van der Waals surface area contributed by atoms with Crippen molar-refractivity contribution in [2.75, 3.05) is 5.32 Å². The number of carbonyl (C=O) groups excluding carboxylic acids is 2. The summed E-state index contributed by atoms with van der Waals surface area (Å²) in [4.78, 5) is 26.9. The maximum absolute atomic E-state index is 11.6. The van der Waals surface area contributed by atoms with E-state index in [1.54, 1.807) is 0 Å². The summed E-state index contributed by atoms with van der Waals surface area (Å²) in [7, 11) is 0. The fraction of sp³-hybridized carbons (Fsp3) is 0.154. The number of ether oxygens (including phenoxy) is 1. The lowest BCUT2D eigenvalue weighted by Gasteiger charge is -2.04. The molecule has 2 rings (SSSR count). The molecule has 0 spiro atoms. The molecule has 5 nitrogen and oxygen atoms in total. The molecule has 104 valence electrons. The van der Waals surface area contributed by atoms with Crippen molar-refractivity contribution in [1.29, 1.82) is 0 Å². The molecular weight excluding hydrogens is 344 g/mol. The molecule has 1 N–H and O–H groups in total. The van der Waals surface area contributed by atoms with Crippen LogP contribution in [0.1, 0.15) is 23.0 Å². The molecule has 1 amide bonds. The van der Waals surface area contributed by atoms with Gasteiger partial charge in [-0.15, -0.1) is 0 Å². The maximum Gasteiger partial charge on any atom is 0.413 e. The van der Waals surface area contributed by atoms with Crippen LogP contribution in [0.15, 0.2) is 34.1 Å². The summed E-state index contributed by atoms with van der Waals surface area (Å²) in [5.74, 6) is -0.168. The van der Waals surface area contributed by atoms with E-state index in [1.165, 1.54) is 18.3 Å². The molecule has 0 unspecified atom stereocenters. The van der Waals surface area contributed by atoms with Gasteiger partial charge < -0.3 is 4.74 Å². The molecule has 0 saturated carbocycles. The summed E-state index contributed by atoms with van der Waals surface area (Å²) in [6.45, 7) is 1.59. The number of thiazole rings is 1. The van der Waals surface area contributed by atoms with Gasteiger partial charge in [-0.25, -0.2) is 9.78 Å². The average Bonchev–Trinajstić information content (AvgIpc) is 2.78. The van der Waals surface area contributed by atoms with Gasteiger partial charge in [0.05, 0.1) is 0 Å². The van der Waals surface area contributed by atoms with Crippen LogP contribution in [-0.2, 0) is 11.3 Å². The smallest absolute Gasteiger partial charge is 0.413 e. The number of hydrogen-bond acceptors (Lipinski definition) is 5. The Morgan fingerprint density at radius 1 is 1.35 bits per heavy atom. The van der Waals surface area contributed by atoms with E-state index < -0.39 is 6.09 Å². The topological polar surface area (TPSA) is 68.3 Å². The lowest BCUT2D eigenvalue weighted by Crippen LogP contribution is -2.13. The first-order valence-corrected chi connectivity index (χ1v) is 7.32.